The van der Waals surface area contributed by atoms with Crippen molar-refractivity contribution in [2.45, 2.75) is 114 Å². The number of methoxy groups -OCH3 is 6. The lowest BCUT2D eigenvalue weighted by atomic mass is 9.99. The number of carbonyl (C=O) groups excluding carboxylic acids is 8. The monoisotopic (exact) mass is 1930 g/mol. The number of carbonyl (C=O) groups is 8. The Bertz CT molecular complexity index is 6050. The van der Waals surface area contributed by atoms with Gasteiger partial charge in [0.15, 0.2) is 34.5 Å². The first-order valence-electron chi connectivity index (χ1n) is 47.2. The van der Waals surface area contributed by atoms with E-state index in [1.165, 1.54) is 38.5 Å². The first-order chi connectivity index (χ1) is 67.0. The predicted octanol–water partition coefficient (Wildman–Crippen LogP) is 15.0. The lowest BCUT2D eigenvalue weighted by molar-refractivity contribution is -0.125. The molecule has 4 fully saturated rings. The molecule has 3 N–H and O–H groups in total. The largest absolute Gasteiger partial charge is 0.493 e. The fourth-order valence-corrected chi connectivity index (χ4v) is 22.1. The standard InChI is InChI=1S/C37H44N4O6.C35H43N5O5.C33H36N4O6S3/c1-25(26-9-5-4-6-10-26)39-18-20-40(21-19-39)31-12-7-11-29-34(31)37(44)41(36(29)43)30(27-14-15-32(45-2)33(23-27)46-3)13-8-17-38-35(42)28-16-22-47-24-28;1-23(2)33(41)37-16-8-12-28(25-13-14-30(44-4)31(21-25)45-5)40-34(42)27-10-6-11-29(32(27)35(40)43)39-19-17-38(18-20-39)24(3)26-9-7-15-36-22-26;1-42-28-11-10-24(20-29(28)43-2)26(8-4-13-34-46(40,41)30-9-5-18-45-30)37-32(38)25-6-3-7-27(31(25)33(37)39)36-16-14-35(15-17-36)21-23-12-19-44-22-23/h4-7,9-12,14-15,23,25,28,30H,8,13,16-22,24H2,1-3H3,(H,38,42);6-7,9-11,13-15,21-24,28H,8,12,16-20H2,1-5H3,(H,37,41);3,5-7,9-12,18-20,22,26,34H,4,8,13-17,21H2,1-2H3/t25-,28?,30-;24-,28-;26-/m111/s1. The van der Waals surface area contributed by atoms with Gasteiger partial charge in [0.25, 0.3) is 35.4 Å². The molecule has 8 amide bonds. The second-order valence-corrected chi connectivity index (χ2v) is 39.2. The van der Waals surface area contributed by atoms with E-state index in [0.717, 1.165) is 131 Å². The number of thiophene rings is 2. The van der Waals surface area contributed by atoms with Crippen LogP contribution in [0.25, 0.3) is 0 Å². The van der Waals surface area contributed by atoms with Gasteiger partial charge in [-0.1, -0.05) is 92.7 Å². The number of fused-ring (bicyclic) bond motifs is 3. The van der Waals surface area contributed by atoms with Gasteiger partial charge in [0.05, 0.1) is 124 Å². The van der Waals surface area contributed by atoms with Gasteiger partial charge in [0, 0.05) is 142 Å². The third kappa shape index (κ3) is 22.4. The van der Waals surface area contributed by atoms with Crippen LogP contribution in [0.15, 0.2) is 203 Å². The third-order valence-electron chi connectivity index (χ3n) is 27.1. The smallest absolute Gasteiger partial charge is 0.264 e. The number of hydrogen-bond donors (Lipinski definition) is 3. The van der Waals surface area contributed by atoms with E-state index in [4.69, 9.17) is 33.2 Å². The Hall–Kier alpha value is -12.6. The summed E-state index contributed by atoms with van der Waals surface area (Å²) in [4.78, 5) is 132. The first kappa shape index (κ1) is 99.9. The molecule has 10 heterocycles. The van der Waals surface area contributed by atoms with Gasteiger partial charge in [0.1, 0.15) is 4.21 Å². The van der Waals surface area contributed by atoms with Crippen molar-refractivity contribution < 1.29 is 79.9 Å². The topological polar surface area (TPSA) is 313 Å². The molecule has 0 aliphatic carbocycles. The number of piperazine rings is 3. The summed E-state index contributed by atoms with van der Waals surface area (Å²) in [6.07, 6.45) is 7.22. The van der Waals surface area contributed by atoms with Crippen LogP contribution in [0, 0.1) is 11.8 Å². The Balaban J connectivity index is 0.000000157. The molecule has 6 atom stereocenters. The van der Waals surface area contributed by atoms with Crippen molar-refractivity contribution in [1.29, 1.82) is 0 Å². The summed E-state index contributed by atoms with van der Waals surface area (Å²) < 4.78 is 66.6. The highest BCUT2D eigenvalue weighted by atomic mass is 32.2. The van der Waals surface area contributed by atoms with Crippen molar-refractivity contribution in [2.75, 3.05) is 169 Å². The highest BCUT2D eigenvalue weighted by Crippen LogP contribution is 2.46. The normalized spacial score (nSPS) is 17.4. The third-order valence-corrected chi connectivity index (χ3v) is 30.7. The molecule has 17 rings (SSSR count). The lowest BCUT2D eigenvalue weighted by Crippen LogP contribution is -2.47. The molecular formula is C105H123N13O17S3. The molecular weight excluding hydrogens is 1810 g/mol. The molecule has 0 saturated carbocycles. The zero-order chi connectivity index (χ0) is 97.3. The van der Waals surface area contributed by atoms with E-state index in [1.54, 1.807) is 113 Å². The minimum atomic E-state index is -3.64. The van der Waals surface area contributed by atoms with Crippen molar-refractivity contribution in [3.8, 4) is 34.5 Å². The van der Waals surface area contributed by atoms with Crippen LogP contribution >= 0.6 is 22.7 Å². The van der Waals surface area contributed by atoms with Crippen LogP contribution in [0.2, 0.25) is 0 Å². The van der Waals surface area contributed by atoms with Crippen LogP contribution in [0.3, 0.4) is 0 Å². The van der Waals surface area contributed by atoms with Gasteiger partial charge in [0.2, 0.25) is 21.8 Å². The number of rotatable bonds is 37. The number of nitrogens with zero attached hydrogens (tertiary/aromatic N) is 10. The van der Waals surface area contributed by atoms with E-state index in [-0.39, 0.29) is 81.9 Å². The highest BCUT2D eigenvalue weighted by molar-refractivity contribution is 7.91. The number of aromatic nitrogens is 1. The van der Waals surface area contributed by atoms with Gasteiger partial charge in [-0.2, -0.15) is 11.3 Å². The molecule has 728 valence electrons. The molecule has 3 aromatic heterocycles. The van der Waals surface area contributed by atoms with Crippen LogP contribution in [-0.2, 0) is 30.9 Å². The Labute approximate surface area is 815 Å². The second kappa shape index (κ2) is 46.2. The molecule has 30 nitrogen and oxygen atoms in total. The summed E-state index contributed by atoms with van der Waals surface area (Å²) in [5.74, 6) is 0.913. The fraction of sp³-hybridized carbons (Fsp3) is 0.400. The second-order valence-electron chi connectivity index (χ2n) is 35.5. The molecule has 33 heteroatoms. The van der Waals surface area contributed by atoms with Crippen LogP contribution < -0.4 is 58.5 Å². The van der Waals surface area contributed by atoms with Gasteiger partial charge in [-0.3, -0.25) is 72.7 Å². The summed E-state index contributed by atoms with van der Waals surface area (Å²) >= 11 is 2.84. The van der Waals surface area contributed by atoms with Crippen LogP contribution in [0.4, 0.5) is 17.1 Å². The number of benzene rings is 7. The van der Waals surface area contributed by atoms with Gasteiger partial charge < -0.3 is 58.5 Å². The highest BCUT2D eigenvalue weighted by Gasteiger charge is 2.48. The molecule has 7 aliphatic heterocycles. The summed E-state index contributed by atoms with van der Waals surface area (Å²) in [5.41, 5.74) is 10.9. The Morgan fingerprint density at radius 3 is 1.28 bits per heavy atom. The van der Waals surface area contributed by atoms with E-state index >= 15 is 0 Å². The van der Waals surface area contributed by atoms with Crippen molar-refractivity contribution in [2.24, 2.45) is 11.8 Å². The molecule has 0 radical (unpaired) electrons. The zero-order valence-corrected chi connectivity index (χ0v) is 82.4. The maximum Gasteiger partial charge on any atom is 0.264 e. The minimum Gasteiger partial charge on any atom is -0.493 e. The van der Waals surface area contributed by atoms with E-state index in [9.17, 15) is 46.8 Å². The Morgan fingerprint density at radius 1 is 0.449 bits per heavy atom. The maximum atomic E-state index is 14.4. The number of amides is 8. The predicted molar refractivity (Wildman–Crippen MR) is 532 cm³/mol. The SMILES string of the molecule is COc1ccc([C@@H](CCCNC(=O)C(C)C)N2C(=O)c3cccc(N4CCN([C@H](C)c5cccnc5)CC4)c3C2=O)cc1OC.COc1ccc([C@@H](CCCNC(=O)C2CCOC2)N2C(=O)c3cccc(N4CCN([C@H](C)c5ccccc5)CC4)c3C2=O)cc1OC.COc1ccc([C@@H](CCCNS(=O)(=O)c2cccs2)N2C(=O)c3cccc(N4CCN(Cc5ccsc5)CC4)c3C2=O)cc1OC. The first-order valence-corrected chi connectivity index (χ1v) is 50.5. The van der Waals surface area contributed by atoms with Crippen molar-refractivity contribution >= 4 is 97.0 Å². The molecule has 10 aromatic rings. The van der Waals surface area contributed by atoms with Crippen LogP contribution in [-0.4, -0.2) is 244 Å². The summed E-state index contributed by atoms with van der Waals surface area (Å²) in [6, 6.07) is 51.6. The van der Waals surface area contributed by atoms with Crippen LogP contribution in [0.5, 0.6) is 34.5 Å². The average molecular weight is 1940 g/mol. The molecule has 4 saturated heterocycles. The lowest BCUT2D eigenvalue weighted by Gasteiger charge is -2.39. The van der Waals surface area contributed by atoms with Gasteiger partial charge in [-0.15, -0.1) is 11.3 Å². The van der Waals surface area contributed by atoms with Crippen molar-refractivity contribution in [1.82, 2.24) is 49.7 Å². The molecule has 0 spiro atoms. The number of anilines is 3. The average Bonchev–Trinajstić information content (AvgIpc) is 1.60. The number of sulfonamides is 1. The molecule has 1 unspecified atom stereocenters. The van der Waals surface area contributed by atoms with Gasteiger partial charge >= 0.3 is 0 Å². The number of nitrogens with one attached hydrogen (secondary N) is 3. The maximum absolute atomic E-state index is 14.4. The van der Waals surface area contributed by atoms with E-state index in [0.29, 0.717) is 138 Å². The molecule has 138 heavy (non-hydrogen) atoms. The summed E-state index contributed by atoms with van der Waals surface area (Å²) in [7, 11) is 5.69. The Kier molecular flexibility index (Phi) is 33.5. The van der Waals surface area contributed by atoms with Crippen LogP contribution in [0.1, 0.15) is 198 Å². The molecule has 7 aromatic carbocycles. The van der Waals surface area contributed by atoms with Crippen molar-refractivity contribution in [3.63, 3.8) is 0 Å². The number of imide groups is 3. The minimum absolute atomic E-state index is 0.0196. The number of pyridine rings is 1. The number of hydrogen-bond acceptors (Lipinski definition) is 26. The molecule has 7 aliphatic rings. The van der Waals surface area contributed by atoms with E-state index in [2.05, 4.69) is 111 Å². The van der Waals surface area contributed by atoms with Gasteiger partial charge in [-0.05, 0) is 199 Å². The van der Waals surface area contributed by atoms with Gasteiger partial charge in [-0.25, -0.2) is 13.1 Å². The van der Waals surface area contributed by atoms with E-state index in [1.807, 2.05) is 98.9 Å². The zero-order valence-electron chi connectivity index (χ0n) is 79.9. The number of ether oxygens (including phenoxy) is 7. The van der Waals surface area contributed by atoms with E-state index < -0.39 is 28.1 Å². The summed E-state index contributed by atoms with van der Waals surface area (Å²) in [5, 5.41) is 11.9. The Morgan fingerprint density at radius 2 is 0.884 bits per heavy atom. The summed E-state index contributed by atoms with van der Waals surface area (Å²) in [6.45, 7) is 20.6. The quantitative estimate of drug-likeness (QED) is 0.0241. The molecule has 0 bridgehead atoms. The fourth-order valence-electron chi connectivity index (χ4n) is 19.4. The van der Waals surface area contributed by atoms with Crippen molar-refractivity contribution in [3.05, 3.63) is 265 Å².